The van der Waals surface area contributed by atoms with Crippen molar-refractivity contribution in [2.75, 3.05) is 7.11 Å². The molecule has 0 spiro atoms. The van der Waals surface area contributed by atoms with E-state index in [-0.39, 0.29) is 12.4 Å². The van der Waals surface area contributed by atoms with Crippen LogP contribution < -0.4 is 9.47 Å². The number of hydrogen-bond acceptors (Lipinski definition) is 2. The van der Waals surface area contributed by atoms with Crippen LogP contribution in [0, 0.1) is 5.82 Å². The molecule has 2 aromatic rings. The van der Waals surface area contributed by atoms with Crippen molar-refractivity contribution in [3.05, 3.63) is 58.3 Å². The fraction of sp³-hybridized carbons (Fsp3) is 0.143. The van der Waals surface area contributed by atoms with Crippen molar-refractivity contribution in [1.29, 1.82) is 0 Å². The molecule has 0 saturated carbocycles. The molecule has 0 N–H and O–H groups in total. The van der Waals surface area contributed by atoms with Gasteiger partial charge in [0.2, 0.25) is 0 Å². The topological polar surface area (TPSA) is 18.5 Å². The SMILES string of the molecule is COc1cccc(F)c1COc1ccc(Br)cc1. The van der Waals surface area contributed by atoms with E-state index >= 15 is 0 Å². The maximum Gasteiger partial charge on any atom is 0.133 e. The highest BCUT2D eigenvalue weighted by atomic mass is 79.9. The van der Waals surface area contributed by atoms with Gasteiger partial charge in [-0.1, -0.05) is 22.0 Å². The molecule has 0 saturated heterocycles. The van der Waals surface area contributed by atoms with Crippen LogP contribution in [-0.4, -0.2) is 7.11 Å². The highest BCUT2D eigenvalue weighted by Crippen LogP contribution is 2.24. The van der Waals surface area contributed by atoms with E-state index in [0.717, 1.165) is 4.47 Å². The highest BCUT2D eigenvalue weighted by molar-refractivity contribution is 9.10. The maximum absolute atomic E-state index is 13.6. The van der Waals surface area contributed by atoms with Gasteiger partial charge in [-0.05, 0) is 36.4 Å². The standard InChI is InChI=1S/C14H12BrFO2/c1-17-14-4-2-3-13(16)12(14)9-18-11-7-5-10(15)6-8-11/h2-8H,9H2,1H3. The van der Waals surface area contributed by atoms with Crippen LogP contribution in [0.4, 0.5) is 4.39 Å². The first kappa shape index (κ1) is 12.9. The van der Waals surface area contributed by atoms with Crippen molar-refractivity contribution in [2.45, 2.75) is 6.61 Å². The molecular weight excluding hydrogens is 299 g/mol. The van der Waals surface area contributed by atoms with E-state index in [4.69, 9.17) is 9.47 Å². The minimum Gasteiger partial charge on any atom is -0.496 e. The first-order valence-electron chi connectivity index (χ1n) is 5.40. The number of methoxy groups -OCH3 is 1. The van der Waals surface area contributed by atoms with Crippen molar-refractivity contribution in [1.82, 2.24) is 0 Å². The Morgan fingerprint density at radius 1 is 1.11 bits per heavy atom. The van der Waals surface area contributed by atoms with Crippen LogP contribution in [0.1, 0.15) is 5.56 Å². The summed E-state index contributed by atoms with van der Waals surface area (Å²) in [4.78, 5) is 0. The number of ether oxygens (including phenoxy) is 2. The summed E-state index contributed by atoms with van der Waals surface area (Å²) >= 11 is 3.34. The summed E-state index contributed by atoms with van der Waals surface area (Å²) in [7, 11) is 1.51. The van der Waals surface area contributed by atoms with Crippen LogP contribution in [-0.2, 0) is 6.61 Å². The van der Waals surface area contributed by atoms with Crippen LogP contribution in [0.2, 0.25) is 0 Å². The second-order valence-corrected chi connectivity index (χ2v) is 4.58. The molecule has 0 atom stereocenters. The van der Waals surface area contributed by atoms with Crippen LogP contribution in [0.3, 0.4) is 0 Å². The van der Waals surface area contributed by atoms with Gasteiger partial charge in [0.25, 0.3) is 0 Å². The Hall–Kier alpha value is -1.55. The summed E-state index contributed by atoms with van der Waals surface area (Å²) in [6.07, 6.45) is 0. The fourth-order valence-electron chi connectivity index (χ4n) is 1.56. The van der Waals surface area contributed by atoms with E-state index in [1.54, 1.807) is 12.1 Å². The molecule has 0 aliphatic rings. The van der Waals surface area contributed by atoms with Crippen LogP contribution in [0.15, 0.2) is 46.9 Å². The quantitative estimate of drug-likeness (QED) is 0.843. The molecule has 0 fully saturated rings. The van der Waals surface area contributed by atoms with Gasteiger partial charge in [0.15, 0.2) is 0 Å². The number of benzene rings is 2. The van der Waals surface area contributed by atoms with Crippen molar-refractivity contribution < 1.29 is 13.9 Å². The molecule has 2 aromatic carbocycles. The smallest absolute Gasteiger partial charge is 0.133 e. The van der Waals surface area contributed by atoms with Gasteiger partial charge in [0, 0.05) is 4.47 Å². The second-order valence-electron chi connectivity index (χ2n) is 3.66. The molecule has 4 heteroatoms. The molecule has 18 heavy (non-hydrogen) atoms. The van der Waals surface area contributed by atoms with Gasteiger partial charge in [0.05, 0.1) is 12.7 Å². The first-order valence-corrected chi connectivity index (χ1v) is 6.20. The molecule has 0 heterocycles. The van der Waals surface area contributed by atoms with Gasteiger partial charge >= 0.3 is 0 Å². The Kier molecular flexibility index (Phi) is 4.20. The Morgan fingerprint density at radius 3 is 2.50 bits per heavy atom. The molecule has 0 unspecified atom stereocenters. The lowest BCUT2D eigenvalue weighted by Gasteiger charge is -2.11. The molecule has 0 aliphatic heterocycles. The van der Waals surface area contributed by atoms with Crippen LogP contribution >= 0.6 is 15.9 Å². The van der Waals surface area contributed by atoms with Gasteiger partial charge in [-0.15, -0.1) is 0 Å². The van der Waals surface area contributed by atoms with Crippen molar-refractivity contribution >= 4 is 15.9 Å². The lowest BCUT2D eigenvalue weighted by molar-refractivity contribution is 0.289. The van der Waals surface area contributed by atoms with Crippen molar-refractivity contribution in [3.8, 4) is 11.5 Å². The summed E-state index contributed by atoms with van der Waals surface area (Å²) in [5.41, 5.74) is 0.419. The largest absolute Gasteiger partial charge is 0.496 e. The third-order valence-electron chi connectivity index (χ3n) is 2.49. The van der Waals surface area contributed by atoms with E-state index in [9.17, 15) is 4.39 Å². The van der Waals surface area contributed by atoms with Gasteiger partial charge in [-0.2, -0.15) is 0 Å². The molecule has 94 valence electrons. The average Bonchev–Trinajstić information content (AvgIpc) is 2.39. The van der Waals surface area contributed by atoms with Gasteiger partial charge < -0.3 is 9.47 Å². The average molecular weight is 311 g/mol. The molecule has 0 amide bonds. The number of rotatable bonds is 4. The van der Waals surface area contributed by atoms with Crippen LogP contribution in [0.5, 0.6) is 11.5 Å². The molecular formula is C14H12BrFO2. The summed E-state index contributed by atoms with van der Waals surface area (Å²) in [6.45, 7) is 0.136. The highest BCUT2D eigenvalue weighted by Gasteiger charge is 2.09. The van der Waals surface area contributed by atoms with Gasteiger partial charge in [-0.25, -0.2) is 4.39 Å². The van der Waals surface area contributed by atoms with E-state index in [0.29, 0.717) is 17.1 Å². The van der Waals surface area contributed by atoms with E-state index in [1.807, 2.05) is 24.3 Å². The lowest BCUT2D eigenvalue weighted by Crippen LogP contribution is -2.01. The third-order valence-corrected chi connectivity index (χ3v) is 3.02. The monoisotopic (exact) mass is 310 g/mol. The molecule has 2 rings (SSSR count). The minimum absolute atomic E-state index is 0.136. The minimum atomic E-state index is -0.327. The molecule has 0 bridgehead atoms. The van der Waals surface area contributed by atoms with E-state index < -0.39 is 0 Å². The fourth-order valence-corrected chi connectivity index (χ4v) is 1.82. The third kappa shape index (κ3) is 3.01. The predicted octanol–water partition coefficient (Wildman–Crippen LogP) is 4.18. The molecule has 0 radical (unpaired) electrons. The normalized spacial score (nSPS) is 10.2. The van der Waals surface area contributed by atoms with Gasteiger partial charge in [0.1, 0.15) is 23.9 Å². The van der Waals surface area contributed by atoms with E-state index in [1.165, 1.54) is 13.2 Å². The summed E-state index contributed by atoms with van der Waals surface area (Å²) in [5, 5.41) is 0. The van der Waals surface area contributed by atoms with Crippen molar-refractivity contribution in [2.24, 2.45) is 0 Å². The Bertz CT molecular complexity index is 526. The zero-order valence-corrected chi connectivity index (χ0v) is 11.4. The number of halogens is 2. The number of hydrogen-bond donors (Lipinski definition) is 0. The zero-order valence-electron chi connectivity index (χ0n) is 9.82. The maximum atomic E-state index is 13.6. The Morgan fingerprint density at radius 2 is 1.83 bits per heavy atom. The molecule has 2 nitrogen and oxygen atoms in total. The van der Waals surface area contributed by atoms with Crippen LogP contribution in [0.25, 0.3) is 0 Å². The predicted molar refractivity (Wildman–Crippen MR) is 71.4 cm³/mol. The van der Waals surface area contributed by atoms with Gasteiger partial charge in [-0.3, -0.25) is 0 Å². The first-order chi connectivity index (χ1) is 8.70. The summed E-state index contributed by atoms with van der Waals surface area (Å²) in [6, 6.07) is 12.1. The molecule has 0 aliphatic carbocycles. The zero-order chi connectivity index (χ0) is 13.0. The molecule has 0 aromatic heterocycles. The Balaban J connectivity index is 2.12. The van der Waals surface area contributed by atoms with Crippen molar-refractivity contribution in [3.63, 3.8) is 0 Å². The Labute approximate surface area is 113 Å². The summed E-state index contributed by atoms with van der Waals surface area (Å²) < 4.78 is 25.2. The second kappa shape index (κ2) is 5.87. The van der Waals surface area contributed by atoms with E-state index in [2.05, 4.69) is 15.9 Å². The lowest BCUT2D eigenvalue weighted by atomic mass is 10.2. The summed E-state index contributed by atoms with van der Waals surface area (Å²) in [5.74, 6) is 0.849.